The van der Waals surface area contributed by atoms with Crippen LogP contribution in [0.4, 0.5) is 10.8 Å². The predicted octanol–water partition coefficient (Wildman–Crippen LogP) is 5.08. The molecule has 4 aromatic rings. The summed E-state index contributed by atoms with van der Waals surface area (Å²) in [7, 11) is 0. The van der Waals surface area contributed by atoms with E-state index in [2.05, 4.69) is 25.7 Å². The Balaban J connectivity index is 1.37. The van der Waals surface area contributed by atoms with E-state index >= 15 is 0 Å². The average Bonchev–Trinajstić information content (AvgIpc) is 3.43. The third-order valence-electron chi connectivity index (χ3n) is 3.35. The van der Waals surface area contributed by atoms with Crippen molar-refractivity contribution in [2.45, 2.75) is 17.0 Å². The maximum Gasteiger partial charge on any atom is 0.257 e. The first-order chi connectivity index (χ1) is 13.3. The summed E-state index contributed by atoms with van der Waals surface area (Å²) >= 11 is 4.55. The van der Waals surface area contributed by atoms with Crippen molar-refractivity contribution in [2.24, 2.45) is 0 Å². The van der Waals surface area contributed by atoms with Crippen LogP contribution in [0.25, 0.3) is 10.8 Å². The van der Waals surface area contributed by atoms with Crippen LogP contribution in [0.3, 0.4) is 0 Å². The van der Waals surface area contributed by atoms with Crippen LogP contribution in [0, 0.1) is 0 Å². The number of benzene rings is 1. The zero-order valence-electron chi connectivity index (χ0n) is 14.3. The Hall–Kier alpha value is -2.43. The van der Waals surface area contributed by atoms with Crippen LogP contribution < -0.4 is 10.1 Å². The predicted molar refractivity (Wildman–Crippen MR) is 108 cm³/mol. The second-order valence-corrected chi connectivity index (χ2v) is 8.34. The van der Waals surface area contributed by atoms with Crippen LogP contribution in [0.1, 0.15) is 12.8 Å². The Kier molecular flexibility index (Phi) is 5.66. The molecule has 27 heavy (non-hydrogen) atoms. The summed E-state index contributed by atoms with van der Waals surface area (Å²) in [5, 5.41) is 22.5. The van der Waals surface area contributed by atoms with Crippen molar-refractivity contribution in [1.29, 1.82) is 0 Å². The number of hydrogen-bond acceptors (Lipinski definition) is 10. The van der Waals surface area contributed by atoms with E-state index in [4.69, 9.17) is 9.15 Å². The summed E-state index contributed by atoms with van der Waals surface area (Å²) in [6, 6.07) is 11.7. The molecule has 0 atom stereocenters. The van der Waals surface area contributed by atoms with E-state index in [1.165, 1.54) is 23.1 Å². The molecule has 0 aliphatic carbocycles. The van der Waals surface area contributed by atoms with Crippen molar-refractivity contribution in [3.05, 3.63) is 47.7 Å². The molecule has 3 aromatic heterocycles. The maximum absolute atomic E-state index is 5.69. The number of nitrogens with one attached hydrogen (secondary N) is 1. The number of nitrogens with zero attached hydrogens (tertiary/aromatic N) is 4. The standard InChI is InChI=1S/C17H15N5O2S3/c1-2-23-12-7-4-3-6-11(12)18-16-21-22-17(27-16)26-10-14-19-20-15(24-14)13-8-5-9-25-13/h3-9H,2,10H2,1H3,(H,18,21). The monoisotopic (exact) mass is 417 g/mol. The second kappa shape index (κ2) is 8.51. The van der Waals surface area contributed by atoms with Gasteiger partial charge in [-0.15, -0.1) is 31.7 Å². The van der Waals surface area contributed by atoms with Gasteiger partial charge in [0, 0.05) is 0 Å². The van der Waals surface area contributed by atoms with Gasteiger partial charge in [-0.3, -0.25) is 0 Å². The van der Waals surface area contributed by atoms with Crippen LogP contribution in [0.5, 0.6) is 5.75 Å². The number of thiophene rings is 1. The first-order valence-electron chi connectivity index (χ1n) is 8.13. The lowest BCUT2D eigenvalue weighted by Crippen LogP contribution is -1.97. The van der Waals surface area contributed by atoms with Gasteiger partial charge < -0.3 is 14.5 Å². The molecule has 0 aliphatic heterocycles. The molecule has 0 aliphatic rings. The van der Waals surface area contributed by atoms with Crippen molar-refractivity contribution in [3.8, 4) is 16.5 Å². The van der Waals surface area contributed by atoms with Gasteiger partial charge in [0.15, 0.2) is 4.34 Å². The number of aromatic nitrogens is 4. The molecule has 1 aromatic carbocycles. The zero-order chi connectivity index (χ0) is 18.5. The van der Waals surface area contributed by atoms with Crippen LogP contribution >= 0.6 is 34.4 Å². The summed E-state index contributed by atoms with van der Waals surface area (Å²) in [6.07, 6.45) is 0. The molecule has 0 radical (unpaired) electrons. The van der Waals surface area contributed by atoms with Gasteiger partial charge in [0.1, 0.15) is 5.75 Å². The third-order valence-corrected chi connectivity index (χ3v) is 6.17. The number of rotatable bonds is 8. The topological polar surface area (TPSA) is 86.0 Å². The zero-order valence-corrected chi connectivity index (χ0v) is 16.7. The van der Waals surface area contributed by atoms with Gasteiger partial charge >= 0.3 is 0 Å². The molecule has 0 saturated carbocycles. The van der Waals surface area contributed by atoms with Gasteiger partial charge in [0.2, 0.25) is 11.0 Å². The highest BCUT2D eigenvalue weighted by atomic mass is 32.2. The Bertz CT molecular complexity index is 1000. The fourth-order valence-corrected chi connectivity index (χ4v) is 4.47. The van der Waals surface area contributed by atoms with Gasteiger partial charge in [0.05, 0.1) is 22.9 Å². The van der Waals surface area contributed by atoms with E-state index < -0.39 is 0 Å². The van der Waals surface area contributed by atoms with E-state index in [-0.39, 0.29) is 0 Å². The Morgan fingerprint density at radius 3 is 2.89 bits per heavy atom. The van der Waals surface area contributed by atoms with Gasteiger partial charge in [-0.05, 0) is 30.5 Å². The molecule has 0 saturated heterocycles. The molecular formula is C17H15N5O2S3. The summed E-state index contributed by atoms with van der Waals surface area (Å²) < 4.78 is 12.1. The van der Waals surface area contributed by atoms with Crippen molar-refractivity contribution < 1.29 is 9.15 Å². The van der Waals surface area contributed by atoms with Crippen molar-refractivity contribution in [3.63, 3.8) is 0 Å². The molecule has 3 heterocycles. The lowest BCUT2D eigenvalue weighted by Gasteiger charge is -2.09. The summed E-state index contributed by atoms with van der Waals surface area (Å²) in [6.45, 7) is 2.56. The van der Waals surface area contributed by atoms with Gasteiger partial charge in [-0.1, -0.05) is 41.3 Å². The van der Waals surface area contributed by atoms with Crippen molar-refractivity contribution in [2.75, 3.05) is 11.9 Å². The van der Waals surface area contributed by atoms with Crippen LogP contribution in [-0.2, 0) is 5.75 Å². The molecule has 7 nitrogen and oxygen atoms in total. The summed E-state index contributed by atoms with van der Waals surface area (Å²) in [5.74, 6) is 2.45. The highest BCUT2D eigenvalue weighted by Crippen LogP contribution is 2.33. The van der Waals surface area contributed by atoms with Crippen LogP contribution in [0.15, 0.2) is 50.5 Å². The van der Waals surface area contributed by atoms with E-state index in [1.54, 1.807) is 11.3 Å². The maximum atomic E-state index is 5.69. The Morgan fingerprint density at radius 2 is 2.04 bits per heavy atom. The molecule has 0 bridgehead atoms. The Labute approximate surface area is 167 Å². The van der Waals surface area contributed by atoms with Crippen LogP contribution in [-0.4, -0.2) is 27.0 Å². The Morgan fingerprint density at radius 1 is 1.11 bits per heavy atom. The van der Waals surface area contributed by atoms with Crippen molar-refractivity contribution in [1.82, 2.24) is 20.4 Å². The number of anilines is 2. The lowest BCUT2D eigenvalue weighted by molar-refractivity contribution is 0.342. The smallest absolute Gasteiger partial charge is 0.257 e. The van der Waals surface area contributed by atoms with Crippen LogP contribution in [0.2, 0.25) is 0 Å². The second-order valence-electron chi connectivity index (χ2n) is 5.19. The number of hydrogen-bond donors (Lipinski definition) is 1. The van der Waals surface area contributed by atoms with E-state index in [0.29, 0.717) is 29.3 Å². The molecule has 1 N–H and O–H groups in total. The first-order valence-corrected chi connectivity index (χ1v) is 10.8. The minimum Gasteiger partial charge on any atom is -0.492 e. The number of para-hydroxylation sites is 2. The molecule has 0 unspecified atom stereocenters. The van der Waals surface area contributed by atoms with Gasteiger partial charge in [-0.2, -0.15) is 0 Å². The average molecular weight is 418 g/mol. The fraction of sp³-hybridized carbons (Fsp3) is 0.176. The molecular weight excluding hydrogens is 402 g/mol. The molecule has 10 heteroatoms. The number of ether oxygens (including phenoxy) is 1. The van der Waals surface area contributed by atoms with Gasteiger partial charge in [0.25, 0.3) is 5.89 Å². The highest BCUT2D eigenvalue weighted by molar-refractivity contribution is 8.00. The summed E-state index contributed by atoms with van der Waals surface area (Å²) in [5.41, 5.74) is 0.865. The third kappa shape index (κ3) is 4.46. The SMILES string of the molecule is CCOc1ccccc1Nc1nnc(SCc2nnc(-c3cccs3)o2)s1. The quantitative estimate of drug-likeness (QED) is 0.397. The molecule has 138 valence electrons. The highest BCUT2D eigenvalue weighted by Gasteiger charge is 2.12. The minimum atomic E-state index is 0.544. The van der Waals surface area contributed by atoms with Gasteiger partial charge in [-0.25, -0.2) is 0 Å². The fourth-order valence-electron chi connectivity index (χ4n) is 2.22. The largest absolute Gasteiger partial charge is 0.492 e. The molecule has 0 spiro atoms. The number of thioether (sulfide) groups is 1. The molecule has 0 amide bonds. The summed E-state index contributed by atoms with van der Waals surface area (Å²) in [4.78, 5) is 0.967. The molecule has 0 fully saturated rings. The van der Waals surface area contributed by atoms with E-state index in [1.807, 2.05) is 48.7 Å². The molecule has 4 rings (SSSR count). The van der Waals surface area contributed by atoms with E-state index in [0.717, 1.165) is 20.7 Å². The van der Waals surface area contributed by atoms with Crippen molar-refractivity contribution >= 4 is 45.3 Å². The minimum absolute atomic E-state index is 0.544. The normalized spacial score (nSPS) is 10.9. The first kappa shape index (κ1) is 18.0. The lowest BCUT2D eigenvalue weighted by atomic mass is 10.3. The van der Waals surface area contributed by atoms with E-state index in [9.17, 15) is 0 Å².